The fraction of sp³-hybridized carbons (Fsp3) is 0.644. The minimum atomic E-state index is -0.820. The van der Waals surface area contributed by atoms with Gasteiger partial charge in [-0.25, -0.2) is 0 Å². The molecule has 65 heavy (non-hydrogen) atoms. The van der Waals surface area contributed by atoms with Gasteiger partial charge < -0.3 is 14.2 Å². The Morgan fingerprint density at radius 2 is 0.631 bits per heavy atom. The maximum absolute atomic E-state index is 12.8. The largest absolute Gasteiger partial charge is 0.462 e. The highest BCUT2D eigenvalue weighted by Gasteiger charge is 2.19. The van der Waals surface area contributed by atoms with E-state index in [1.54, 1.807) is 0 Å². The Bertz CT molecular complexity index is 1360. The van der Waals surface area contributed by atoms with Crippen LogP contribution in [-0.4, -0.2) is 37.2 Å². The molecule has 0 aromatic carbocycles. The number of rotatable bonds is 46. The number of hydrogen-bond acceptors (Lipinski definition) is 6. The van der Waals surface area contributed by atoms with Crippen molar-refractivity contribution >= 4 is 17.9 Å². The van der Waals surface area contributed by atoms with Crippen LogP contribution in [0.15, 0.2) is 109 Å². The molecule has 0 radical (unpaired) electrons. The van der Waals surface area contributed by atoms with Crippen LogP contribution in [0.4, 0.5) is 0 Å². The molecule has 1 unspecified atom stereocenters. The SMILES string of the molecule is CC/C=C\C/C=C\C/C=C\C/C=C\C/C=C\CCCCCC(=O)OCC(COC(=O)CC/C=C\C/C=C\C/C=C\C/C=C\CC)OC(=O)CCCCCCCCCCCCCCCCC. The minimum absolute atomic E-state index is 0.117. The van der Waals surface area contributed by atoms with Gasteiger partial charge in [0.2, 0.25) is 0 Å². The molecule has 0 spiro atoms. The predicted molar refractivity (Wildman–Crippen MR) is 279 cm³/mol. The van der Waals surface area contributed by atoms with Gasteiger partial charge in [0.15, 0.2) is 6.10 Å². The molecule has 1 atom stereocenters. The van der Waals surface area contributed by atoms with Crippen molar-refractivity contribution in [2.24, 2.45) is 0 Å². The first kappa shape index (κ1) is 61.1. The van der Waals surface area contributed by atoms with Crippen LogP contribution in [0.1, 0.15) is 226 Å². The summed E-state index contributed by atoms with van der Waals surface area (Å²) in [5.74, 6) is -1.03. The molecule has 0 fully saturated rings. The summed E-state index contributed by atoms with van der Waals surface area (Å²) in [6.45, 7) is 6.31. The number of unbranched alkanes of at least 4 members (excludes halogenated alkanes) is 17. The Balaban J connectivity index is 4.51. The summed E-state index contributed by atoms with van der Waals surface area (Å²) in [5.41, 5.74) is 0. The highest BCUT2D eigenvalue weighted by atomic mass is 16.6. The number of allylic oxidation sites excluding steroid dienone is 18. The monoisotopic (exact) mass is 901 g/mol. The maximum atomic E-state index is 12.8. The lowest BCUT2D eigenvalue weighted by Crippen LogP contribution is -2.30. The lowest BCUT2D eigenvalue weighted by molar-refractivity contribution is -0.166. The molecular formula is C59H96O6. The molecule has 0 N–H and O–H groups in total. The summed E-state index contributed by atoms with van der Waals surface area (Å²) >= 11 is 0. The predicted octanol–water partition coefficient (Wildman–Crippen LogP) is 17.5. The molecule has 0 aliphatic carbocycles. The smallest absolute Gasteiger partial charge is 0.306 e. The number of carbonyl (C=O) groups is 3. The van der Waals surface area contributed by atoms with Gasteiger partial charge in [-0.3, -0.25) is 14.4 Å². The van der Waals surface area contributed by atoms with Gasteiger partial charge in [-0.1, -0.05) is 226 Å². The van der Waals surface area contributed by atoms with Crippen LogP contribution in [0, 0.1) is 0 Å². The van der Waals surface area contributed by atoms with Crippen LogP contribution in [0.5, 0.6) is 0 Å². The third kappa shape index (κ3) is 50.9. The quantitative estimate of drug-likeness (QED) is 0.0262. The normalized spacial score (nSPS) is 13.0. The topological polar surface area (TPSA) is 78.9 Å². The van der Waals surface area contributed by atoms with E-state index in [0.29, 0.717) is 19.3 Å². The van der Waals surface area contributed by atoms with Gasteiger partial charge in [-0.05, 0) is 89.9 Å². The molecule has 0 heterocycles. The Kier molecular flexibility index (Phi) is 49.5. The summed E-state index contributed by atoms with van der Waals surface area (Å²) in [5, 5.41) is 0. The number of carbonyl (C=O) groups excluding carboxylic acids is 3. The molecule has 6 heteroatoms. The standard InChI is InChI=1S/C59H96O6/c1-4-7-10-13-16-19-22-25-27-28-29-30-32-34-37-40-43-46-49-52-58(61)64-55-56(54-63-57(60)51-48-45-42-39-36-33-24-21-18-15-12-9-6-3)65-59(62)53-50-47-44-41-38-35-31-26-23-20-17-14-11-8-5-2/h7,9-10,12,16,18-19,21,25,27,29-30,33-34,36-37,42,45,56H,4-6,8,11,13-15,17,20,22-24,26,28,31-32,35,38-41,43-44,46-55H2,1-3H3/b10-7-,12-9-,19-16-,21-18-,27-25-,30-29-,36-33-,37-34-,45-42-. The van der Waals surface area contributed by atoms with Crippen LogP contribution in [0.2, 0.25) is 0 Å². The van der Waals surface area contributed by atoms with Crippen molar-refractivity contribution in [3.8, 4) is 0 Å². The molecule has 368 valence electrons. The van der Waals surface area contributed by atoms with Crippen LogP contribution in [0.3, 0.4) is 0 Å². The van der Waals surface area contributed by atoms with E-state index in [-0.39, 0.29) is 37.5 Å². The third-order valence-corrected chi connectivity index (χ3v) is 10.8. The van der Waals surface area contributed by atoms with E-state index in [9.17, 15) is 14.4 Å². The van der Waals surface area contributed by atoms with Crippen LogP contribution < -0.4 is 0 Å². The maximum Gasteiger partial charge on any atom is 0.306 e. The van der Waals surface area contributed by atoms with E-state index in [1.165, 1.54) is 77.0 Å². The van der Waals surface area contributed by atoms with Crippen molar-refractivity contribution in [2.75, 3.05) is 13.2 Å². The summed E-state index contributed by atoms with van der Waals surface area (Å²) in [7, 11) is 0. The molecule has 6 nitrogen and oxygen atoms in total. The zero-order valence-corrected chi connectivity index (χ0v) is 42.0. The van der Waals surface area contributed by atoms with Crippen molar-refractivity contribution in [2.45, 2.75) is 232 Å². The lowest BCUT2D eigenvalue weighted by Gasteiger charge is -2.18. The molecule has 0 saturated carbocycles. The summed E-state index contributed by atoms with van der Waals surface area (Å²) < 4.78 is 16.7. The molecular weight excluding hydrogens is 805 g/mol. The Morgan fingerprint density at radius 1 is 0.323 bits per heavy atom. The van der Waals surface area contributed by atoms with Gasteiger partial charge in [-0.15, -0.1) is 0 Å². The second-order valence-electron chi connectivity index (χ2n) is 17.0. The number of esters is 3. The molecule has 0 rings (SSSR count). The van der Waals surface area contributed by atoms with E-state index in [4.69, 9.17) is 14.2 Å². The van der Waals surface area contributed by atoms with E-state index in [2.05, 4.69) is 118 Å². The zero-order valence-electron chi connectivity index (χ0n) is 42.0. The van der Waals surface area contributed by atoms with E-state index in [1.807, 2.05) is 12.2 Å². The fourth-order valence-corrected chi connectivity index (χ4v) is 6.89. The van der Waals surface area contributed by atoms with E-state index < -0.39 is 6.10 Å². The molecule has 0 aromatic heterocycles. The molecule has 0 saturated heterocycles. The van der Waals surface area contributed by atoms with Gasteiger partial charge in [0.25, 0.3) is 0 Å². The van der Waals surface area contributed by atoms with Crippen LogP contribution in [-0.2, 0) is 28.6 Å². The van der Waals surface area contributed by atoms with Gasteiger partial charge in [0, 0.05) is 19.3 Å². The van der Waals surface area contributed by atoms with Crippen molar-refractivity contribution in [1.29, 1.82) is 0 Å². The first-order valence-electron chi connectivity index (χ1n) is 26.4. The Hall–Kier alpha value is -3.93. The average molecular weight is 901 g/mol. The van der Waals surface area contributed by atoms with Crippen LogP contribution in [0.25, 0.3) is 0 Å². The van der Waals surface area contributed by atoms with E-state index >= 15 is 0 Å². The molecule has 0 aliphatic heterocycles. The number of ether oxygens (including phenoxy) is 3. The molecule has 0 aromatic rings. The molecule has 0 bridgehead atoms. The third-order valence-electron chi connectivity index (χ3n) is 10.8. The zero-order chi connectivity index (χ0) is 47.2. The van der Waals surface area contributed by atoms with Crippen molar-refractivity contribution in [3.05, 3.63) is 109 Å². The first-order chi connectivity index (χ1) is 32.0. The van der Waals surface area contributed by atoms with Gasteiger partial charge in [-0.2, -0.15) is 0 Å². The van der Waals surface area contributed by atoms with Crippen LogP contribution >= 0.6 is 0 Å². The van der Waals surface area contributed by atoms with Crippen molar-refractivity contribution in [1.82, 2.24) is 0 Å². The summed E-state index contributed by atoms with van der Waals surface area (Å²) in [4.78, 5) is 38.0. The highest BCUT2D eigenvalue weighted by molar-refractivity contribution is 5.71. The Labute approximate surface area is 400 Å². The lowest BCUT2D eigenvalue weighted by atomic mass is 10.0. The first-order valence-corrected chi connectivity index (χ1v) is 26.4. The second kappa shape index (κ2) is 52.7. The van der Waals surface area contributed by atoms with Gasteiger partial charge in [0.1, 0.15) is 13.2 Å². The highest BCUT2D eigenvalue weighted by Crippen LogP contribution is 2.15. The van der Waals surface area contributed by atoms with E-state index in [0.717, 1.165) is 103 Å². The number of hydrogen-bond donors (Lipinski definition) is 0. The van der Waals surface area contributed by atoms with Gasteiger partial charge >= 0.3 is 17.9 Å². The minimum Gasteiger partial charge on any atom is -0.462 e. The summed E-state index contributed by atoms with van der Waals surface area (Å²) in [6, 6.07) is 0. The summed E-state index contributed by atoms with van der Waals surface area (Å²) in [6.07, 6.45) is 70.9. The average Bonchev–Trinajstić information content (AvgIpc) is 3.30. The van der Waals surface area contributed by atoms with Crippen molar-refractivity contribution < 1.29 is 28.6 Å². The molecule has 0 aliphatic rings. The molecule has 0 amide bonds. The van der Waals surface area contributed by atoms with Crippen molar-refractivity contribution in [3.63, 3.8) is 0 Å². The van der Waals surface area contributed by atoms with Gasteiger partial charge in [0.05, 0.1) is 0 Å². The second-order valence-corrected chi connectivity index (χ2v) is 17.0. The Morgan fingerprint density at radius 3 is 1.03 bits per heavy atom. The fourth-order valence-electron chi connectivity index (χ4n) is 6.89.